The fourth-order valence-corrected chi connectivity index (χ4v) is 7.17. The van der Waals surface area contributed by atoms with E-state index in [4.69, 9.17) is 71.3 Å². The van der Waals surface area contributed by atoms with Gasteiger partial charge in [0.1, 0.15) is 72.9 Å². The Balaban J connectivity index is 1.13. The first kappa shape index (κ1) is 39.0. The Bertz CT molecular complexity index is 1290. The molecular formula is C31H51N5O15. The zero-order valence-corrected chi connectivity index (χ0v) is 27.9. The molecule has 0 spiro atoms. The SMILES string of the molecule is COc1cccc(C2OC[C@H]3O[C@H](O[C@H]4[C@H](O[C@@H]5O[C@H](CO)[C@@H](O[C@H]6OC(CN)[C@@H](O)[C@H](O)[C@H]6N)[C@H]5O)[C@@H](O)[C@H](N)C[C@@H]4N)[C@H](N)[C@@H](O)[C@@H]3O2)c1. The molecule has 51 heavy (non-hydrogen) atoms. The van der Waals surface area contributed by atoms with E-state index in [1.807, 2.05) is 0 Å². The first-order chi connectivity index (χ1) is 24.4. The van der Waals surface area contributed by atoms with Crippen molar-refractivity contribution < 1.29 is 73.3 Å². The lowest BCUT2D eigenvalue weighted by Gasteiger charge is -2.49. The van der Waals surface area contributed by atoms with Crippen molar-refractivity contribution in [1.29, 1.82) is 0 Å². The summed E-state index contributed by atoms with van der Waals surface area (Å²) in [6.07, 6.45) is -19.7. The first-order valence-corrected chi connectivity index (χ1v) is 16.9. The maximum atomic E-state index is 11.3. The molecule has 1 aliphatic carbocycles. The minimum Gasteiger partial charge on any atom is -0.497 e. The maximum Gasteiger partial charge on any atom is 0.187 e. The molecule has 20 nitrogen and oxygen atoms in total. The van der Waals surface area contributed by atoms with Gasteiger partial charge in [-0.2, -0.15) is 0 Å². The number of benzene rings is 1. The molecule has 5 aliphatic rings. The maximum absolute atomic E-state index is 11.3. The number of ether oxygens (including phenoxy) is 9. The van der Waals surface area contributed by atoms with E-state index in [0.29, 0.717) is 11.3 Å². The second-order valence-electron chi connectivity index (χ2n) is 13.6. The van der Waals surface area contributed by atoms with Crippen molar-refractivity contribution in [3.05, 3.63) is 29.8 Å². The van der Waals surface area contributed by atoms with Gasteiger partial charge in [-0.25, -0.2) is 0 Å². The summed E-state index contributed by atoms with van der Waals surface area (Å²) in [5.41, 5.74) is 31.4. The first-order valence-electron chi connectivity index (χ1n) is 16.9. The molecular weight excluding hydrogens is 682 g/mol. The van der Waals surface area contributed by atoms with Gasteiger partial charge in [-0.15, -0.1) is 0 Å². The third kappa shape index (κ3) is 7.77. The van der Waals surface area contributed by atoms with Crippen LogP contribution in [-0.4, -0.2) is 174 Å². The number of hydrogen-bond acceptors (Lipinski definition) is 20. The van der Waals surface area contributed by atoms with E-state index in [1.54, 1.807) is 24.3 Å². The summed E-state index contributed by atoms with van der Waals surface area (Å²) >= 11 is 0. The Hall–Kier alpha value is -1.74. The molecule has 16 N–H and O–H groups in total. The molecule has 6 rings (SSSR count). The highest BCUT2D eigenvalue weighted by Crippen LogP contribution is 2.37. The van der Waals surface area contributed by atoms with Gasteiger partial charge in [0.25, 0.3) is 0 Å². The molecule has 1 aromatic rings. The lowest BCUT2D eigenvalue weighted by Crippen LogP contribution is -2.69. The van der Waals surface area contributed by atoms with E-state index in [1.165, 1.54) is 7.11 Å². The Morgan fingerprint density at radius 2 is 1.39 bits per heavy atom. The van der Waals surface area contributed by atoms with Gasteiger partial charge in [0.05, 0.1) is 38.5 Å². The lowest BCUT2D eigenvalue weighted by molar-refractivity contribution is -0.356. The van der Waals surface area contributed by atoms with E-state index in [2.05, 4.69) is 0 Å². The Morgan fingerprint density at radius 1 is 0.725 bits per heavy atom. The summed E-state index contributed by atoms with van der Waals surface area (Å²) < 4.78 is 53.0. The normalized spacial score (nSPS) is 49.0. The third-order valence-electron chi connectivity index (χ3n) is 10.2. The van der Waals surface area contributed by atoms with Gasteiger partial charge in [0.15, 0.2) is 25.2 Å². The number of nitrogens with two attached hydrogens (primary N) is 5. The Morgan fingerprint density at radius 3 is 2.10 bits per heavy atom. The summed E-state index contributed by atoms with van der Waals surface area (Å²) in [7, 11) is 1.54. The second kappa shape index (κ2) is 16.3. The van der Waals surface area contributed by atoms with Crippen LogP contribution in [0.2, 0.25) is 0 Å². The minimum absolute atomic E-state index is 0.0166. The summed E-state index contributed by atoms with van der Waals surface area (Å²) in [5.74, 6) is 0.601. The average molecular weight is 734 g/mol. The molecule has 1 saturated carbocycles. The van der Waals surface area contributed by atoms with Gasteiger partial charge in [-0.1, -0.05) is 12.1 Å². The monoisotopic (exact) mass is 733 g/mol. The summed E-state index contributed by atoms with van der Waals surface area (Å²) in [6, 6.07) is 3.00. The van der Waals surface area contributed by atoms with Crippen molar-refractivity contribution in [2.45, 2.75) is 129 Å². The van der Waals surface area contributed by atoms with Crippen LogP contribution in [0.3, 0.4) is 0 Å². The van der Waals surface area contributed by atoms with Crippen LogP contribution in [0.1, 0.15) is 18.3 Å². The molecule has 0 aromatic heterocycles. The van der Waals surface area contributed by atoms with Crippen molar-refractivity contribution in [3.63, 3.8) is 0 Å². The van der Waals surface area contributed by atoms with Crippen molar-refractivity contribution in [1.82, 2.24) is 0 Å². The summed E-state index contributed by atoms with van der Waals surface area (Å²) in [5, 5.41) is 64.4. The van der Waals surface area contributed by atoms with Gasteiger partial charge < -0.3 is 102 Å². The number of methoxy groups -OCH3 is 1. The molecule has 1 aromatic carbocycles. The average Bonchev–Trinajstić information content (AvgIpc) is 3.43. The number of hydrogen-bond donors (Lipinski definition) is 11. The van der Waals surface area contributed by atoms with Crippen LogP contribution < -0.4 is 33.4 Å². The Kier molecular flexibility index (Phi) is 12.5. The molecule has 20 heteroatoms. The molecule has 4 heterocycles. The molecule has 0 radical (unpaired) electrons. The van der Waals surface area contributed by atoms with E-state index in [0.717, 1.165) is 0 Å². The van der Waals surface area contributed by atoms with Gasteiger partial charge in [0.2, 0.25) is 0 Å². The van der Waals surface area contributed by atoms with Crippen LogP contribution in [0, 0.1) is 0 Å². The van der Waals surface area contributed by atoms with Crippen LogP contribution in [0.4, 0.5) is 0 Å². The minimum atomic E-state index is -1.61. The quantitative estimate of drug-likeness (QED) is 0.107. The fraction of sp³-hybridized carbons (Fsp3) is 0.806. The highest BCUT2D eigenvalue weighted by molar-refractivity contribution is 5.29. The zero-order chi connectivity index (χ0) is 36.7. The number of aliphatic hydroxyl groups is 6. The molecule has 290 valence electrons. The van der Waals surface area contributed by atoms with Crippen molar-refractivity contribution >= 4 is 0 Å². The molecule has 5 fully saturated rings. The zero-order valence-electron chi connectivity index (χ0n) is 27.9. The van der Waals surface area contributed by atoms with Crippen LogP contribution in [0.15, 0.2) is 24.3 Å². The highest BCUT2D eigenvalue weighted by atomic mass is 16.8. The van der Waals surface area contributed by atoms with E-state index in [9.17, 15) is 30.6 Å². The van der Waals surface area contributed by atoms with E-state index < -0.39 is 129 Å². The van der Waals surface area contributed by atoms with Gasteiger partial charge >= 0.3 is 0 Å². The van der Waals surface area contributed by atoms with Crippen LogP contribution in [0.25, 0.3) is 0 Å². The van der Waals surface area contributed by atoms with Gasteiger partial charge in [-0.3, -0.25) is 0 Å². The van der Waals surface area contributed by atoms with Crippen LogP contribution >= 0.6 is 0 Å². The number of fused-ring (bicyclic) bond motifs is 1. The van der Waals surface area contributed by atoms with Crippen molar-refractivity contribution in [2.24, 2.45) is 28.7 Å². The molecule has 2 unspecified atom stereocenters. The van der Waals surface area contributed by atoms with Crippen LogP contribution in [0.5, 0.6) is 5.75 Å². The molecule has 4 aliphatic heterocycles. The van der Waals surface area contributed by atoms with Crippen molar-refractivity contribution in [2.75, 3.05) is 26.9 Å². The highest BCUT2D eigenvalue weighted by Gasteiger charge is 2.55. The summed E-state index contributed by atoms with van der Waals surface area (Å²) in [6.45, 7) is -0.792. The van der Waals surface area contributed by atoms with Gasteiger partial charge in [0, 0.05) is 24.2 Å². The molecule has 0 bridgehead atoms. The predicted molar refractivity (Wildman–Crippen MR) is 170 cm³/mol. The predicted octanol–water partition coefficient (Wildman–Crippen LogP) is -6.09. The summed E-state index contributed by atoms with van der Waals surface area (Å²) in [4.78, 5) is 0. The van der Waals surface area contributed by atoms with Gasteiger partial charge in [-0.05, 0) is 18.6 Å². The van der Waals surface area contributed by atoms with Crippen LogP contribution in [-0.2, 0) is 37.9 Å². The second-order valence-corrected chi connectivity index (χ2v) is 13.6. The molecule has 0 amide bonds. The third-order valence-corrected chi connectivity index (χ3v) is 10.2. The fourth-order valence-electron chi connectivity index (χ4n) is 7.17. The van der Waals surface area contributed by atoms with E-state index >= 15 is 0 Å². The number of aliphatic hydroxyl groups excluding tert-OH is 6. The van der Waals surface area contributed by atoms with E-state index in [-0.39, 0.29) is 19.6 Å². The number of rotatable bonds is 10. The molecule has 4 saturated heterocycles. The lowest BCUT2D eigenvalue weighted by atomic mass is 9.84. The topological polar surface area (TPSA) is 335 Å². The molecule has 20 atom stereocenters. The van der Waals surface area contributed by atoms with Crippen molar-refractivity contribution in [3.8, 4) is 5.75 Å². The standard InChI is InChI=1S/C31H51N5O15/c1-43-11-4-2-3-10(5-11)28-44-9-16-26(49-28)22(41)18(36)30(47-16)48-24-13(34)6-12(33)19(38)27(24)51-31-23(42)25(15(8-37)46-31)50-29-17(35)21(40)20(39)14(7-32)45-29/h2-5,12-31,37-42H,6-9,32-36H2,1H3/t12-,13+,14?,15-,16-,17-,18-,19+,20-,21-,22-,23-,24-,25-,26-,27-,28?,29-,30-,31+/m1/s1. The largest absolute Gasteiger partial charge is 0.497 e. The Labute approximate surface area is 293 Å². The smallest absolute Gasteiger partial charge is 0.187 e.